The predicted octanol–water partition coefficient (Wildman–Crippen LogP) is 5.07. The quantitative estimate of drug-likeness (QED) is 0.693. The molecular weight excluding hydrogens is 374 g/mol. The molecule has 2 N–H and O–H groups in total. The first-order chi connectivity index (χ1) is 13.5. The van der Waals surface area contributed by atoms with Crippen LogP contribution >= 0.6 is 11.6 Å². The lowest BCUT2D eigenvalue weighted by Gasteiger charge is -2.45. The van der Waals surface area contributed by atoms with E-state index in [2.05, 4.69) is 23.5 Å². The number of carboxylic acids is 1. The minimum atomic E-state index is -1.04. The molecular formula is C23H22ClNO3. The van der Waals surface area contributed by atoms with Gasteiger partial charge < -0.3 is 15.2 Å². The lowest BCUT2D eigenvalue weighted by molar-refractivity contribution is -0.143. The Labute approximate surface area is 169 Å². The van der Waals surface area contributed by atoms with Gasteiger partial charge in [0.15, 0.2) is 0 Å². The molecule has 1 spiro atoms. The first-order valence-electron chi connectivity index (χ1n) is 9.50. The van der Waals surface area contributed by atoms with Crippen LogP contribution in [-0.4, -0.2) is 22.9 Å². The summed E-state index contributed by atoms with van der Waals surface area (Å²) < 4.78 is 0. The number of aliphatic carboxylic acids is 1. The van der Waals surface area contributed by atoms with Gasteiger partial charge in [-0.25, -0.2) is 4.79 Å². The summed E-state index contributed by atoms with van der Waals surface area (Å²) in [7, 11) is 0. The van der Waals surface area contributed by atoms with Crippen molar-refractivity contribution in [3.8, 4) is 0 Å². The number of hydrogen-bond acceptors (Lipinski definition) is 3. The number of fused-ring (bicyclic) bond motifs is 2. The van der Waals surface area contributed by atoms with Gasteiger partial charge in [-0.15, -0.1) is 0 Å². The number of hydrogen-bond donors (Lipinski definition) is 2. The maximum absolute atomic E-state index is 12.3. The van der Waals surface area contributed by atoms with Crippen LogP contribution in [0, 0.1) is 0 Å². The first kappa shape index (κ1) is 18.8. The number of allylic oxidation sites excluding steroid dienone is 1. The monoisotopic (exact) mass is 395 g/mol. The van der Waals surface area contributed by atoms with Crippen molar-refractivity contribution in [3.63, 3.8) is 0 Å². The summed E-state index contributed by atoms with van der Waals surface area (Å²) in [6.07, 6.45) is 5.76. The van der Waals surface area contributed by atoms with E-state index in [1.54, 1.807) is 12.1 Å². The van der Waals surface area contributed by atoms with Gasteiger partial charge in [-0.3, -0.25) is 0 Å². The maximum atomic E-state index is 12.3. The van der Waals surface area contributed by atoms with Crippen LogP contribution in [0.5, 0.6) is 0 Å². The predicted molar refractivity (Wildman–Crippen MR) is 111 cm³/mol. The molecule has 4 rings (SSSR count). The summed E-state index contributed by atoms with van der Waals surface area (Å²) in [4.78, 5) is 23.5. The Morgan fingerprint density at radius 1 is 1.11 bits per heavy atom. The Bertz CT molecular complexity index is 958. The van der Waals surface area contributed by atoms with Crippen LogP contribution in [0.25, 0.3) is 6.08 Å². The van der Waals surface area contributed by atoms with Crippen LogP contribution in [0.3, 0.4) is 0 Å². The lowest BCUT2D eigenvalue weighted by Crippen LogP contribution is -2.52. The zero-order chi connectivity index (χ0) is 19.8. The normalized spacial score (nSPS) is 25.8. The third-order valence-corrected chi connectivity index (χ3v) is 6.53. The van der Waals surface area contributed by atoms with E-state index in [-0.39, 0.29) is 5.41 Å². The number of benzene rings is 2. The molecule has 0 heterocycles. The molecule has 0 saturated heterocycles. The second-order valence-corrected chi connectivity index (χ2v) is 8.17. The molecule has 0 unspecified atom stereocenters. The Morgan fingerprint density at radius 3 is 2.54 bits per heavy atom. The largest absolute Gasteiger partial charge is 0.480 e. The summed E-state index contributed by atoms with van der Waals surface area (Å²) in [6, 6.07) is 15.4. The van der Waals surface area contributed by atoms with Crippen molar-refractivity contribution >= 4 is 35.6 Å². The zero-order valence-electron chi connectivity index (χ0n) is 15.5. The Morgan fingerprint density at radius 2 is 1.86 bits per heavy atom. The van der Waals surface area contributed by atoms with Gasteiger partial charge in [0.25, 0.3) is 0 Å². The minimum Gasteiger partial charge on any atom is -0.480 e. The topological polar surface area (TPSA) is 66.4 Å². The van der Waals surface area contributed by atoms with E-state index < -0.39 is 11.5 Å². The van der Waals surface area contributed by atoms with Crippen LogP contribution in [0.1, 0.15) is 43.2 Å². The summed E-state index contributed by atoms with van der Waals surface area (Å²) in [5.74, 6) is -0.852. The van der Waals surface area contributed by atoms with E-state index in [1.807, 2.05) is 24.3 Å². The fraction of sp³-hybridized carbons (Fsp3) is 0.304. The van der Waals surface area contributed by atoms with E-state index in [1.165, 1.54) is 5.56 Å². The van der Waals surface area contributed by atoms with E-state index in [4.69, 9.17) is 11.6 Å². The third kappa shape index (κ3) is 3.02. The number of nitrogens with one attached hydrogen (secondary N) is 1. The highest BCUT2D eigenvalue weighted by molar-refractivity contribution is 6.30. The molecule has 2 aromatic carbocycles. The second kappa shape index (κ2) is 7.10. The molecule has 28 heavy (non-hydrogen) atoms. The number of rotatable bonds is 5. The van der Waals surface area contributed by atoms with Crippen molar-refractivity contribution in [1.29, 1.82) is 0 Å². The van der Waals surface area contributed by atoms with Crippen LogP contribution in [0.15, 0.2) is 54.1 Å². The van der Waals surface area contributed by atoms with Gasteiger partial charge in [0, 0.05) is 22.5 Å². The molecule has 1 saturated carbocycles. The molecule has 0 amide bonds. The highest BCUT2D eigenvalue weighted by Gasteiger charge is 2.51. The summed E-state index contributed by atoms with van der Waals surface area (Å²) in [5, 5.41) is 13.9. The van der Waals surface area contributed by atoms with Crippen LogP contribution in [0.4, 0.5) is 5.69 Å². The molecule has 0 radical (unpaired) electrons. The molecule has 5 heteroatoms. The SMILES string of the molecule is O=CCC1=Cc2ccccc2C12CCC(Nc1cccc(Cl)c1)(C(=O)O)CC2. The van der Waals surface area contributed by atoms with Crippen LogP contribution in [-0.2, 0) is 15.0 Å². The molecule has 2 aliphatic carbocycles. The Kier molecular flexibility index (Phi) is 4.76. The number of halogens is 1. The van der Waals surface area contributed by atoms with Crippen molar-refractivity contribution in [2.24, 2.45) is 0 Å². The first-order valence-corrected chi connectivity index (χ1v) is 9.88. The Hall–Kier alpha value is -2.59. The van der Waals surface area contributed by atoms with E-state index in [0.29, 0.717) is 42.8 Å². The highest BCUT2D eigenvalue weighted by atomic mass is 35.5. The van der Waals surface area contributed by atoms with E-state index >= 15 is 0 Å². The molecule has 0 aromatic heterocycles. The summed E-state index contributed by atoms with van der Waals surface area (Å²) in [6.45, 7) is 0. The van der Waals surface area contributed by atoms with Crippen molar-refractivity contribution in [2.45, 2.75) is 43.1 Å². The standard InChI is InChI=1S/C23H22ClNO3/c24-18-5-3-6-19(15-18)25-23(21(27)28)11-9-22(10-12-23)17(8-13-26)14-16-4-1-2-7-20(16)22/h1-7,13-15,25H,8-12H2,(H,27,28). The third-order valence-electron chi connectivity index (χ3n) is 6.30. The molecule has 0 aliphatic heterocycles. The second-order valence-electron chi connectivity index (χ2n) is 7.73. The fourth-order valence-electron chi connectivity index (χ4n) is 4.83. The smallest absolute Gasteiger partial charge is 0.329 e. The van der Waals surface area contributed by atoms with Gasteiger partial charge in [0.05, 0.1) is 0 Å². The van der Waals surface area contributed by atoms with Gasteiger partial charge in [0.1, 0.15) is 11.8 Å². The molecule has 1 fully saturated rings. The van der Waals surface area contributed by atoms with Crippen molar-refractivity contribution < 1.29 is 14.7 Å². The zero-order valence-corrected chi connectivity index (χ0v) is 16.2. The van der Waals surface area contributed by atoms with Gasteiger partial charge in [-0.1, -0.05) is 53.6 Å². The van der Waals surface area contributed by atoms with Gasteiger partial charge >= 0.3 is 5.97 Å². The van der Waals surface area contributed by atoms with Gasteiger partial charge in [-0.05, 0) is 55.0 Å². The van der Waals surface area contributed by atoms with E-state index in [9.17, 15) is 14.7 Å². The summed E-state index contributed by atoms with van der Waals surface area (Å²) >= 11 is 6.07. The number of aldehydes is 1. The molecule has 4 nitrogen and oxygen atoms in total. The maximum Gasteiger partial charge on any atom is 0.329 e. The molecule has 2 aliphatic rings. The number of carbonyl (C=O) groups excluding carboxylic acids is 1. The van der Waals surface area contributed by atoms with Crippen molar-refractivity contribution in [2.75, 3.05) is 5.32 Å². The number of carboxylic acid groups (broad SMARTS) is 1. The van der Waals surface area contributed by atoms with Crippen molar-refractivity contribution in [1.82, 2.24) is 0 Å². The average molecular weight is 396 g/mol. The number of carbonyl (C=O) groups is 2. The molecule has 144 valence electrons. The molecule has 0 bridgehead atoms. The Balaban J connectivity index is 1.65. The van der Waals surface area contributed by atoms with Gasteiger partial charge in [0.2, 0.25) is 0 Å². The lowest BCUT2D eigenvalue weighted by atomic mass is 9.62. The average Bonchev–Trinajstić information content (AvgIpc) is 2.97. The van der Waals surface area contributed by atoms with E-state index in [0.717, 1.165) is 17.4 Å². The van der Waals surface area contributed by atoms with Crippen LogP contribution < -0.4 is 5.32 Å². The number of anilines is 1. The molecule has 0 atom stereocenters. The van der Waals surface area contributed by atoms with Gasteiger partial charge in [-0.2, -0.15) is 0 Å². The molecule has 2 aromatic rings. The summed E-state index contributed by atoms with van der Waals surface area (Å²) in [5.41, 5.74) is 2.89. The highest BCUT2D eigenvalue weighted by Crippen LogP contribution is 2.54. The van der Waals surface area contributed by atoms with Crippen molar-refractivity contribution in [3.05, 3.63) is 70.3 Å². The minimum absolute atomic E-state index is 0.244. The van der Waals surface area contributed by atoms with Crippen LogP contribution in [0.2, 0.25) is 5.02 Å². The fourth-order valence-corrected chi connectivity index (χ4v) is 5.02.